The van der Waals surface area contributed by atoms with Gasteiger partial charge in [0, 0.05) is 24.9 Å². The first kappa shape index (κ1) is 14.1. The van der Waals surface area contributed by atoms with Crippen molar-refractivity contribution in [2.24, 2.45) is 0 Å². The van der Waals surface area contributed by atoms with Crippen LogP contribution in [0.25, 0.3) is 0 Å². The summed E-state index contributed by atoms with van der Waals surface area (Å²) in [7, 11) is 0. The van der Waals surface area contributed by atoms with Gasteiger partial charge in [0.2, 0.25) is 5.91 Å². The number of nitrogens with one attached hydrogen (secondary N) is 2. The molecule has 2 N–H and O–H groups in total. The highest BCUT2D eigenvalue weighted by atomic mass is 16.3. The van der Waals surface area contributed by atoms with Gasteiger partial charge < -0.3 is 15.1 Å². The van der Waals surface area contributed by atoms with Crippen LogP contribution in [0.2, 0.25) is 0 Å². The molecule has 0 spiro atoms. The first-order chi connectivity index (χ1) is 9.24. The normalized spacial score (nSPS) is 16.3. The second kappa shape index (κ2) is 7.34. The molecule has 4 heteroatoms. The summed E-state index contributed by atoms with van der Waals surface area (Å²) < 4.78 is 5.30. The van der Waals surface area contributed by atoms with E-state index in [2.05, 4.69) is 17.6 Å². The molecule has 1 aliphatic rings. The Kier molecular flexibility index (Phi) is 5.45. The van der Waals surface area contributed by atoms with E-state index in [1.807, 2.05) is 12.1 Å². The molecule has 1 fully saturated rings. The second-order valence-corrected chi connectivity index (χ2v) is 5.42. The van der Waals surface area contributed by atoms with E-state index in [0.29, 0.717) is 18.5 Å². The molecular formula is C15H24N2O2. The molecule has 1 aliphatic carbocycles. The van der Waals surface area contributed by atoms with Gasteiger partial charge >= 0.3 is 0 Å². The summed E-state index contributed by atoms with van der Waals surface area (Å²) in [6.07, 6.45) is 7.59. The largest absolute Gasteiger partial charge is 0.469 e. The summed E-state index contributed by atoms with van der Waals surface area (Å²) in [6, 6.07) is 4.87. The smallest absolute Gasteiger partial charge is 0.220 e. The van der Waals surface area contributed by atoms with Crippen molar-refractivity contribution in [3.05, 3.63) is 24.2 Å². The Morgan fingerprint density at radius 1 is 1.53 bits per heavy atom. The zero-order chi connectivity index (χ0) is 13.5. The van der Waals surface area contributed by atoms with Crippen molar-refractivity contribution in [3.63, 3.8) is 0 Å². The molecule has 0 aromatic carbocycles. The summed E-state index contributed by atoms with van der Waals surface area (Å²) in [5.74, 6) is 1.24. The van der Waals surface area contributed by atoms with Crippen LogP contribution in [0.4, 0.5) is 0 Å². The Morgan fingerprint density at radius 2 is 2.37 bits per heavy atom. The van der Waals surface area contributed by atoms with E-state index >= 15 is 0 Å². The molecule has 1 heterocycles. The van der Waals surface area contributed by atoms with Gasteiger partial charge in [-0.3, -0.25) is 4.79 Å². The van der Waals surface area contributed by atoms with Gasteiger partial charge in [-0.05, 0) is 51.3 Å². The van der Waals surface area contributed by atoms with E-state index in [1.54, 1.807) is 6.26 Å². The summed E-state index contributed by atoms with van der Waals surface area (Å²) in [5.41, 5.74) is 0. The number of rotatable bonds is 9. The van der Waals surface area contributed by atoms with E-state index in [-0.39, 0.29) is 5.91 Å². The van der Waals surface area contributed by atoms with Crippen LogP contribution in [0.15, 0.2) is 22.8 Å². The van der Waals surface area contributed by atoms with Crippen LogP contribution in [-0.4, -0.2) is 24.5 Å². The quantitative estimate of drug-likeness (QED) is 0.673. The number of aryl methyl sites for hydroxylation is 1. The predicted octanol–water partition coefficient (Wildman–Crippen LogP) is 2.25. The average Bonchev–Trinajstić information content (AvgIpc) is 3.05. The maximum atomic E-state index is 11.5. The highest BCUT2D eigenvalue weighted by Crippen LogP contribution is 2.18. The Morgan fingerprint density at radius 3 is 3.05 bits per heavy atom. The third kappa shape index (κ3) is 5.92. The van der Waals surface area contributed by atoms with Crippen LogP contribution in [0, 0.1) is 0 Å². The van der Waals surface area contributed by atoms with Crippen molar-refractivity contribution in [1.29, 1.82) is 0 Å². The standard InChI is InChI=1S/C15H24N2O2/c1-12(6-9-14-4-3-11-19-14)16-10-2-5-15(18)17-13-7-8-13/h3-4,11-13,16H,2,5-10H2,1H3,(H,17,18). The van der Waals surface area contributed by atoms with Gasteiger partial charge in [0.1, 0.15) is 5.76 Å². The molecule has 0 bridgehead atoms. The second-order valence-electron chi connectivity index (χ2n) is 5.42. The molecule has 0 aliphatic heterocycles. The van der Waals surface area contributed by atoms with Crippen LogP contribution < -0.4 is 10.6 Å². The minimum atomic E-state index is 0.201. The number of furan rings is 1. The molecule has 106 valence electrons. The number of hydrogen-bond acceptors (Lipinski definition) is 3. The Balaban J connectivity index is 1.46. The molecule has 1 saturated carbocycles. The maximum Gasteiger partial charge on any atom is 0.220 e. The van der Waals surface area contributed by atoms with Crippen molar-refractivity contribution in [2.75, 3.05) is 6.54 Å². The SMILES string of the molecule is CC(CCc1ccco1)NCCCC(=O)NC1CC1. The van der Waals surface area contributed by atoms with Gasteiger partial charge in [0.15, 0.2) is 0 Å². The highest BCUT2D eigenvalue weighted by Gasteiger charge is 2.22. The van der Waals surface area contributed by atoms with E-state index in [0.717, 1.165) is 44.4 Å². The van der Waals surface area contributed by atoms with E-state index in [4.69, 9.17) is 4.42 Å². The number of carbonyl (C=O) groups is 1. The van der Waals surface area contributed by atoms with Crippen molar-refractivity contribution < 1.29 is 9.21 Å². The lowest BCUT2D eigenvalue weighted by Gasteiger charge is -2.12. The molecule has 2 rings (SSSR count). The van der Waals surface area contributed by atoms with Crippen molar-refractivity contribution in [1.82, 2.24) is 10.6 Å². The Hall–Kier alpha value is -1.29. The fourth-order valence-corrected chi connectivity index (χ4v) is 2.04. The molecule has 0 saturated heterocycles. The molecule has 1 amide bonds. The molecule has 1 unspecified atom stereocenters. The zero-order valence-electron chi connectivity index (χ0n) is 11.7. The highest BCUT2D eigenvalue weighted by molar-refractivity contribution is 5.76. The minimum absolute atomic E-state index is 0.201. The van der Waals surface area contributed by atoms with Gasteiger partial charge in [-0.1, -0.05) is 0 Å². The Bertz CT molecular complexity index is 372. The molecular weight excluding hydrogens is 240 g/mol. The van der Waals surface area contributed by atoms with Crippen LogP contribution in [0.1, 0.15) is 44.8 Å². The lowest BCUT2D eigenvalue weighted by molar-refractivity contribution is -0.121. The molecule has 19 heavy (non-hydrogen) atoms. The van der Waals surface area contributed by atoms with Gasteiger partial charge in [-0.2, -0.15) is 0 Å². The zero-order valence-corrected chi connectivity index (χ0v) is 11.7. The molecule has 0 radical (unpaired) electrons. The topological polar surface area (TPSA) is 54.3 Å². The van der Waals surface area contributed by atoms with E-state index < -0.39 is 0 Å². The number of amides is 1. The summed E-state index contributed by atoms with van der Waals surface area (Å²) in [6.45, 7) is 3.07. The first-order valence-electron chi connectivity index (χ1n) is 7.29. The number of carbonyl (C=O) groups excluding carboxylic acids is 1. The van der Waals surface area contributed by atoms with Gasteiger partial charge in [-0.25, -0.2) is 0 Å². The summed E-state index contributed by atoms with van der Waals surface area (Å²) in [4.78, 5) is 11.5. The molecule has 1 aromatic rings. The van der Waals surface area contributed by atoms with Crippen LogP contribution >= 0.6 is 0 Å². The van der Waals surface area contributed by atoms with Crippen LogP contribution in [0.3, 0.4) is 0 Å². The predicted molar refractivity (Wildman–Crippen MR) is 74.9 cm³/mol. The van der Waals surface area contributed by atoms with Gasteiger partial charge in [0.25, 0.3) is 0 Å². The molecule has 1 aromatic heterocycles. The fourth-order valence-electron chi connectivity index (χ4n) is 2.04. The van der Waals surface area contributed by atoms with Crippen LogP contribution in [0.5, 0.6) is 0 Å². The third-order valence-corrected chi connectivity index (χ3v) is 3.42. The van der Waals surface area contributed by atoms with Gasteiger partial charge in [-0.15, -0.1) is 0 Å². The van der Waals surface area contributed by atoms with E-state index in [1.165, 1.54) is 0 Å². The van der Waals surface area contributed by atoms with Crippen LogP contribution in [-0.2, 0) is 11.2 Å². The average molecular weight is 264 g/mol. The lowest BCUT2D eigenvalue weighted by atomic mass is 10.1. The monoisotopic (exact) mass is 264 g/mol. The van der Waals surface area contributed by atoms with Crippen molar-refractivity contribution >= 4 is 5.91 Å². The van der Waals surface area contributed by atoms with Gasteiger partial charge in [0.05, 0.1) is 6.26 Å². The molecule has 1 atom stereocenters. The molecule has 4 nitrogen and oxygen atoms in total. The first-order valence-corrected chi connectivity index (χ1v) is 7.29. The fraction of sp³-hybridized carbons (Fsp3) is 0.667. The number of hydrogen-bond donors (Lipinski definition) is 2. The third-order valence-electron chi connectivity index (χ3n) is 3.42. The summed E-state index contributed by atoms with van der Waals surface area (Å²) >= 11 is 0. The minimum Gasteiger partial charge on any atom is -0.469 e. The van der Waals surface area contributed by atoms with E-state index in [9.17, 15) is 4.79 Å². The maximum absolute atomic E-state index is 11.5. The summed E-state index contributed by atoms with van der Waals surface area (Å²) in [5, 5.41) is 6.45. The Labute approximate surface area is 114 Å². The van der Waals surface area contributed by atoms with Crippen molar-refractivity contribution in [2.45, 2.75) is 57.5 Å². The van der Waals surface area contributed by atoms with Crippen molar-refractivity contribution in [3.8, 4) is 0 Å². The lowest BCUT2D eigenvalue weighted by Crippen LogP contribution is -2.30.